The van der Waals surface area contributed by atoms with E-state index in [1.807, 2.05) is 0 Å². The van der Waals surface area contributed by atoms with Crippen LogP contribution in [0.2, 0.25) is 0 Å². The average Bonchev–Trinajstić information content (AvgIpc) is 1.94. The summed E-state index contributed by atoms with van der Waals surface area (Å²) in [4.78, 5) is 17.1. The van der Waals surface area contributed by atoms with Crippen LogP contribution in [-0.4, -0.2) is 15.9 Å². The van der Waals surface area contributed by atoms with Crippen molar-refractivity contribution in [2.75, 3.05) is 6.16 Å². The van der Waals surface area contributed by atoms with Crippen molar-refractivity contribution in [1.29, 1.82) is 0 Å². The summed E-state index contributed by atoms with van der Waals surface area (Å²) in [6, 6.07) is 0. The van der Waals surface area contributed by atoms with E-state index in [0.717, 1.165) is 12.8 Å². The van der Waals surface area contributed by atoms with Crippen LogP contribution in [-0.2, 0) is 4.57 Å². The van der Waals surface area contributed by atoms with E-state index in [2.05, 4.69) is 6.92 Å². The van der Waals surface area contributed by atoms with E-state index in [4.69, 9.17) is 9.79 Å². The first kappa shape index (κ1) is 17.2. The molecule has 0 bridgehead atoms. The molecule has 0 aromatic rings. The molecule has 0 radical (unpaired) electrons. The van der Waals surface area contributed by atoms with E-state index in [1.54, 1.807) is 0 Å². The summed E-state index contributed by atoms with van der Waals surface area (Å²) in [6.07, 6.45) is 6.40. The van der Waals surface area contributed by atoms with Crippen molar-refractivity contribution in [2.45, 2.75) is 45.4 Å². The molecule has 0 saturated carbocycles. The molecular weight excluding hydrogens is 214 g/mol. The Bertz CT molecular complexity index is 152. The number of hydrogen-bond acceptors (Lipinski definition) is 1. The summed E-state index contributed by atoms with van der Waals surface area (Å²) in [7, 11) is -3.72. The second-order valence-electron chi connectivity index (χ2n) is 3.16. The van der Waals surface area contributed by atoms with Crippen LogP contribution in [0, 0.1) is 0 Å². The summed E-state index contributed by atoms with van der Waals surface area (Å²) in [6.45, 7) is 2.15. The first-order valence-electron chi connectivity index (χ1n) is 4.61. The van der Waals surface area contributed by atoms with Crippen molar-refractivity contribution in [3.8, 4) is 0 Å². The predicted molar refractivity (Wildman–Crippen MR) is 51.4 cm³/mol. The monoisotopic (exact) mass is 234 g/mol. The molecule has 0 rings (SSSR count). The SMILES string of the molecule is CCCCCCCCP(=O)(O)O.[H-].[K+]. The molecule has 0 aromatic heterocycles. The third-order valence-corrected chi connectivity index (χ3v) is 2.70. The first-order chi connectivity index (χ1) is 5.56. The van der Waals surface area contributed by atoms with Gasteiger partial charge in [0.2, 0.25) is 0 Å². The standard InChI is InChI=1S/C8H19O3P.K.H/c1-2-3-4-5-6-7-8-12(9,10)11;;/h2-8H2,1H3,(H2,9,10,11);;/q;+1;-1. The topological polar surface area (TPSA) is 57.5 Å². The minimum atomic E-state index is -3.72. The third-order valence-electron chi connectivity index (χ3n) is 1.80. The van der Waals surface area contributed by atoms with Gasteiger partial charge in [0.25, 0.3) is 0 Å². The molecule has 0 amide bonds. The molecule has 0 aliphatic carbocycles. The normalized spacial score (nSPS) is 11.0. The molecule has 0 spiro atoms. The molecule has 0 aliphatic rings. The van der Waals surface area contributed by atoms with Gasteiger partial charge in [0, 0.05) is 6.16 Å². The molecular formula is C8H20KO3P. The minimum absolute atomic E-state index is 0. The molecule has 0 aromatic carbocycles. The van der Waals surface area contributed by atoms with Crippen LogP contribution in [0.1, 0.15) is 46.9 Å². The zero-order valence-electron chi connectivity index (χ0n) is 9.70. The molecule has 76 valence electrons. The summed E-state index contributed by atoms with van der Waals surface area (Å²) >= 11 is 0. The Morgan fingerprint density at radius 1 is 1.08 bits per heavy atom. The molecule has 5 heteroatoms. The maximum atomic E-state index is 10.4. The Balaban J connectivity index is -0.000000605. The Morgan fingerprint density at radius 2 is 1.54 bits per heavy atom. The van der Waals surface area contributed by atoms with Crippen molar-refractivity contribution in [3.63, 3.8) is 0 Å². The van der Waals surface area contributed by atoms with Crippen molar-refractivity contribution in [3.05, 3.63) is 0 Å². The second kappa shape index (κ2) is 10.3. The Kier molecular flexibility index (Phi) is 13.6. The van der Waals surface area contributed by atoms with Crippen molar-refractivity contribution in [1.82, 2.24) is 0 Å². The molecule has 13 heavy (non-hydrogen) atoms. The first-order valence-corrected chi connectivity index (χ1v) is 6.40. The maximum absolute atomic E-state index is 10.4. The number of rotatable bonds is 7. The van der Waals surface area contributed by atoms with E-state index >= 15 is 0 Å². The molecule has 0 saturated heterocycles. The largest absolute Gasteiger partial charge is 1.00 e. The summed E-state index contributed by atoms with van der Waals surface area (Å²) in [5, 5.41) is 0. The molecule has 3 nitrogen and oxygen atoms in total. The van der Waals surface area contributed by atoms with Gasteiger partial charge in [-0.05, 0) is 6.42 Å². The fourth-order valence-electron chi connectivity index (χ4n) is 1.10. The van der Waals surface area contributed by atoms with E-state index in [0.29, 0.717) is 6.42 Å². The van der Waals surface area contributed by atoms with Crippen LogP contribution in [0.5, 0.6) is 0 Å². The molecule has 0 atom stereocenters. The van der Waals surface area contributed by atoms with E-state index < -0.39 is 7.60 Å². The number of hydrogen-bond donors (Lipinski definition) is 2. The summed E-state index contributed by atoms with van der Waals surface area (Å²) in [5.41, 5.74) is 0. The van der Waals surface area contributed by atoms with Gasteiger partial charge in [-0.1, -0.05) is 39.0 Å². The second-order valence-corrected chi connectivity index (χ2v) is 4.93. The zero-order chi connectivity index (χ0) is 9.45. The summed E-state index contributed by atoms with van der Waals surface area (Å²) in [5.74, 6) is 0. The Labute approximate surface area is 125 Å². The third kappa shape index (κ3) is 16.5. The van der Waals surface area contributed by atoms with Crippen molar-refractivity contribution in [2.24, 2.45) is 0 Å². The van der Waals surface area contributed by atoms with Gasteiger partial charge in [0.05, 0.1) is 0 Å². The van der Waals surface area contributed by atoms with Crippen LogP contribution in [0.15, 0.2) is 0 Å². The Hall–Kier alpha value is 1.79. The van der Waals surface area contributed by atoms with Gasteiger partial charge in [0.1, 0.15) is 0 Å². The molecule has 2 N–H and O–H groups in total. The molecule has 0 aliphatic heterocycles. The fourth-order valence-corrected chi connectivity index (χ4v) is 1.73. The van der Waals surface area contributed by atoms with Gasteiger partial charge in [0.15, 0.2) is 0 Å². The fraction of sp³-hybridized carbons (Fsp3) is 1.00. The number of unbranched alkanes of at least 4 members (excludes halogenated alkanes) is 5. The molecule has 0 heterocycles. The Morgan fingerprint density at radius 3 is 2.00 bits per heavy atom. The molecule has 0 unspecified atom stereocenters. The van der Waals surface area contributed by atoms with Crippen LogP contribution >= 0.6 is 7.60 Å². The zero-order valence-corrected chi connectivity index (χ0v) is 12.7. The minimum Gasteiger partial charge on any atom is -1.00 e. The quantitative estimate of drug-likeness (QED) is 0.359. The molecule has 0 fully saturated rings. The predicted octanol–water partition coefficient (Wildman–Crippen LogP) is -0.359. The van der Waals surface area contributed by atoms with E-state index in [1.165, 1.54) is 19.3 Å². The average molecular weight is 234 g/mol. The summed E-state index contributed by atoms with van der Waals surface area (Å²) < 4.78 is 10.4. The van der Waals surface area contributed by atoms with Crippen molar-refractivity contribution < 1.29 is 67.2 Å². The maximum Gasteiger partial charge on any atom is 1.00 e. The van der Waals surface area contributed by atoms with Gasteiger partial charge in [-0.25, -0.2) is 0 Å². The van der Waals surface area contributed by atoms with Crippen LogP contribution in [0.4, 0.5) is 0 Å². The smallest absolute Gasteiger partial charge is 1.00 e. The van der Waals surface area contributed by atoms with E-state index in [9.17, 15) is 4.57 Å². The van der Waals surface area contributed by atoms with Crippen LogP contribution < -0.4 is 51.4 Å². The van der Waals surface area contributed by atoms with Gasteiger partial charge in [-0.2, -0.15) is 0 Å². The van der Waals surface area contributed by atoms with Gasteiger partial charge in [-0.15, -0.1) is 0 Å². The van der Waals surface area contributed by atoms with E-state index in [-0.39, 0.29) is 59.0 Å². The van der Waals surface area contributed by atoms with Crippen LogP contribution in [0.25, 0.3) is 0 Å². The van der Waals surface area contributed by atoms with Crippen molar-refractivity contribution >= 4 is 7.60 Å². The van der Waals surface area contributed by atoms with Gasteiger partial charge < -0.3 is 11.2 Å². The van der Waals surface area contributed by atoms with Gasteiger partial charge in [-0.3, -0.25) is 4.57 Å². The van der Waals surface area contributed by atoms with Gasteiger partial charge >= 0.3 is 59.0 Å². The van der Waals surface area contributed by atoms with Crippen LogP contribution in [0.3, 0.4) is 0 Å².